The normalized spacial score (nSPS) is 10.5. The molecule has 0 aromatic heterocycles. The molecular weight excluding hydrogens is 292 g/mol. The predicted octanol–water partition coefficient (Wildman–Crippen LogP) is 1.74. The maximum Gasteiger partial charge on any atom is 0.230 e. The lowest BCUT2D eigenvalue weighted by molar-refractivity contribution is -0.125. The molecule has 0 saturated carbocycles. The molecule has 1 amide bonds. The minimum absolute atomic E-state index is 0. The molecule has 0 fully saturated rings. The van der Waals surface area contributed by atoms with Gasteiger partial charge >= 0.3 is 0 Å². The molecule has 0 aliphatic rings. The average Bonchev–Trinajstić information content (AvgIpc) is 2.46. The molecule has 1 aromatic carbocycles. The summed E-state index contributed by atoms with van der Waals surface area (Å²) in [4.78, 5) is 12.3. The van der Waals surface area contributed by atoms with Crippen molar-refractivity contribution in [3.63, 3.8) is 0 Å². The smallest absolute Gasteiger partial charge is 0.230 e. The minimum Gasteiger partial charge on any atom is -0.493 e. The lowest BCUT2D eigenvalue weighted by Crippen LogP contribution is -2.42. The van der Waals surface area contributed by atoms with Crippen molar-refractivity contribution < 1.29 is 14.3 Å². The van der Waals surface area contributed by atoms with E-state index in [1.54, 1.807) is 14.2 Å². The number of ether oxygens (including phenoxy) is 2. The first kappa shape index (κ1) is 19.5. The van der Waals surface area contributed by atoms with Crippen molar-refractivity contribution in [3.05, 3.63) is 23.8 Å². The molecule has 1 aromatic rings. The number of amides is 1. The number of carbonyl (C=O) groups excluding carboxylic acids is 1. The highest BCUT2D eigenvalue weighted by molar-refractivity contribution is 5.87. The lowest BCUT2D eigenvalue weighted by atomic mass is 9.83. The van der Waals surface area contributed by atoms with Crippen molar-refractivity contribution in [2.45, 2.75) is 19.3 Å². The Morgan fingerprint density at radius 2 is 1.76 bits per heavy atom. The van der Waals surface area contributed by atoms with Crippen LogP contribution in [0.15, 0.2) is 18.2 Å². The topological polar surface area (TPSA) is 59.6 Å². The largest absolute Gasteiger partial charge is 0.493 e. The Morgan fingerprint density at radius 3 is 2.29 bits per heavy atom. The van der Waals surface area contributed by atoms with Crippen LogP contribution in [0.2, 0.25) is 0 Å². The summed E-state index contributed by atoms with van der Waals surface area (Å²) in [7, 11) is 5.03. The van der Waals surface area contributed by atoms with E-state index < -0.39 is 5.41 Å². The summed E-state index contributed by atoms with van der Waals surface area (Å²) in [5, 5.41) is 5.91. The number of rotatable bonds is 7. The number of halogens is 1. The maximum atomic E-state index is 12.3. The van der Waals surface area contributed by atoms with Crippen molar-refractivity contribution in [1.29, 1.82) is 0 Å². The molecule has 120 valence electrons. The SMILES string of the molecule is CNCCNC(=O)C(C)(C)c1ccc(OC)c(OC)c1.Cl. The fourth-order valence-corrected chi connectivity index (χ4v) is 1.88. The molecule has 0 unspecified atom stereocenters. The van der Waals surface area contributed by atoms with Crippen molar-refractivity contribution in [1.82, 2.24) is 10.6 Å². The number of likely N-dealkylation sites (N-methyl/N-ethyl adjacent to an activating group) is 1. The number of benzene rings is 1. The van der Waals surface area contributed by atoms with Crippen LogP contribution in [0.4, 0.5) is 0 Å². The summed E-state index contributed by atoms with van der Waals surface area (Å²) in [5.74, 6) is 1.27. The molecule has 0 saturated heterocycles. The fourth-order valence-electron chi connectivity index (χ4n) is 1.88. The van der Waals surface area contributed by atoms with Crippen molar-refractivity contribution in [2.24, 2.45) is 0 Å². The third-order valence-corrected chi connectivity index (χ3v) is 3.33. The fraction of sp³-hybridized carbons (Fsp3) is 0.533. The van der Waals surface area contributed by atoms with Crippen molar-refractivity contribution >= 4 is 18.3 Å². The average molecular weight is 317 g/mol. The number of nitrogens with one attached hydrogen (secondary N) is 2. The number of carbonyl (C=O) groups is 1. The van der Waals surface area contributed by atoms with Gasteiger partial charge < -0.3 is 20.1 Å². The number of hydrogen-bond donors (Lipinski definition) is 2. The molecule has 0 radical (unpaired) electrons. The first-order chi connectivity index (χ1) is 9.47. The number of hydrogen-bond acceptors (Lipinski definition) is 4. The summed E-state index contributed by atoms with van der Waals surface area (Å²) in [6.07, 6.45) is 0. The summed E-state index contributed by atoms with van der Waals surface area (Å²) in [6, 6.07) is 5.55. The second-order valence-corrected chi connectivity index (χ2v) is 5.05. The second-order valence-electron chi connectivity index (χ2n) is 5.05. The molecule has 1 rings (SSSR count). The first-order valence-corrected chi connectivity index (χ1v) is 6.62. The van der Waals surface area contributed by atoms with E-state index in [2.05, 4.69) is 10.6 Å². The van der Waals surface area contributed by atoms with Gasteiger partial charge in [-0.05, 0) is 38.6 Å². The standard InChI is InChI=1S/C15H24N2O3.ClH/c1-15(2,14(18)17-9-8-16-3)11-6-7-12(19-4)13(10-11)20-5;/h6-7,10,16H,8-9H2,1-5H3,(H,17,18);1H. The highest BCUT2D eigenvalue weighted by Gasteiger charge is 2.30. The maximum absolute atomic E-state index is 12.3. The predicted molar refractivity (Wildman–Crippen MR) is 86.8 cm³/mol. The van der Waals surface area contributed by atoms with Gasteiger partial charge in [-0.2, -0.15) is 0 Å². The Kier molecular flexibility index (Phi) is 8.14. The van der Waals surface area contributed by atoms with E-state index in [9.17, 15) is 4.79 Å². The van der Waals surface area contributed by atoms with Crippen molar-refractivity contribution in [3.8, 4) is 11.5 Å². The summed E-state index contributed by atoms with van der Waals surface area (Å²) in [6.45, 7) is 5.13. The van der Waals surface area contributed by atoms with Gasteiger partial charge in [0.2, 0.25) is 5.91 Å². The monoisotopic (exact) mass is 316 g/mol. The highest BCUT2D eigenvalue weighted by atomic mass is 35.5. The minimum atomic E-state index is -0.632. The van der Waals surface area contributed by atoms with Crippen LogP contribution >= 0.6 is 12.4 Å². The molecule has 5 nitrogen and oxygen atoms in total. The van der Waals surface area contributed by atoms with Crippen LogP contribution in [0.25, 0.3) is 0 Å². The van der Waals surface area contributed by atoms with Gasteiger partial charge in [-0.3, -0.25) is 4.79 Å². The van der Waals surface area contributed by atoms with Gasteiger partial charge in [-0.25, -0.2) is 0 Å². The Labute approximate surface area is 132 Å². The van der Waals surface area contributed by atoms with Crippen LogP contribution in [-0.2, 0) is 10.2 Å². The zero-order valence-electron chi connectivity index (χ0n) is 13.3. The zero-order chi connectivity index (χ0) is 15.2. The number of methoxy groups -OCH3 is 2. The van der Waals surface area contributed by atoms with E-state index in [0.717, 1.165) is 12.1 Å². The van der Waals surface area contributed by atoms with Gasteiger partial charge in [0.25, 0.3) is 0 Å². The Balaban J connectivity index is 0.00000400. The lowest BCUT2D eigenvalue weighted by Gasteiger charge is -2.25. The molecule has 0 atom stereocenters. The van der Waals surface area contributed by atoms with Gasteiger partial charge in [0, 0.05) is 13.1 Å². The molecule has 0 spiro atoms. The van der Waals surface area contributed by atoms with Gasteiger partial charge in [0.05, 0.1) is 19.6 Å². The molecule has 21 heavy (non-hydrogen) atoms. The molecule has 0 heterocycles. The van der Waals surface area contributed by atoms with E-state index in [1.165, 1.54) is 0 Å². The van der Waals surface area contributed by atoms with Crippen molar-refractivity contribution in [2.75, 3.05) is 34.4 Å². The second kappa shape index (κ2) is 8.74. The summed E-state index contributed by atoms with van der Waals surface area (Å²) < 4.78 is 10.5. The summed E-state index contributed by atoms with van der Waals surface area (Å²) >= 11 is 0. The molecule has 0 bridgehead atoms. The van der Waals surface area contributed by atoms with E-state index in [4.69, 9.17) is 9.47 Å². The molecule has 0 aliphatic carbocycles. The van der Waals surface area contributed by atoms with E-state index >= 15 is 0 Å². The van der Waals surface area contributed by atoms with Crippen LogP contribution in [0.5, 0.6) is 11.5 Å². The van der Waals surface area contributed by atoms with Gasteiger partial charge in [-0.1, -0.05) is 6.07 Å². The summed E-state index contributed by atoms with van der Waals surface area (Å²) in [5.41, 5.74) is 0.255. The third kappa shape index (κ3) is 4.79. The van der Waals surface area contributed by atoms with Crippen LogP contribution in [0.1, 0.15) is 19.4 Å². The Hall–Kier alpha value is -1.46. The van der Waals surface area contributed by atoms with E-state index in [-0.39, 0.29) is 18.3 Å². The van der Waals surface area contributed by atoms with Gasteiger partial charge in [-0.15, -0.1) is 12.4 Å². The van der Waals surface area contributed by atoms with Crippen LogP contribution in [0.3, 0.4) is 0 Å². The van der Waals surface area contributed by atoms with Gasteiger partial charge in [0.15, 0.2) is 11.5 Å². The molecule has 6 heteroatoms. The molecule has 2 N–H and O–H groups in total. The van der Waals surface area contributed by atoms with E-state index in [0.29, 0.717) is 18.0 Å². The Morgan fingerprint density at radius 1 is 1.14 bits per heavy atom. The van der Waals surface area contributed by atoms with Crippen LogP contribution < -0.4 is 20.1 Å². The Bertz CT molecular complexity index is 464. The quantitative estimate of drug-likeness (QED) is 0.752. The highest BCUT2D eigenvalue weighted by Crippen LogP contribution is 2.33. The first-order valence-electron chi connectivity index (χ1n) is 6.62. The molecule has 0 aliphatic heterocycles. The zero-order valence-corrected chi connectivity index (χ0v) is 14.1. The van der Waals surface area contributed by atoms with Crippen LogP contribution in [-0.4, -0.2) is 40.3 Å². The van der Waals surface area contributed by atoms with Crippen LogP contribution in [0, 0.1) is 0 Å². The third-order valence-electron chi connectivity index (χ3n) is 3.33. The van der Waals surface area contributed by atoms with E-state index in [1.807, 2.05) is 39.1 Å². The van der Waals surface area contributed by atoms with Gasteiger partial charge in [0.1, 0.15) is 0 Å². The molecular formula is C15H25ClN2O3.